The van der Waals surface area contributed by atoms with E-state index in [9.17, 15) is 4.39 Å². The van der Waals surface area contributed by atoms with Gasteiger partial charge in [0.05, 0.1) is 15.8 Å². The fourth-order valence-electron chi connectivity index (χ4n) is 1.77. The predicted octanol–water partition coefficient (Wildman–Crippen LogP) is 3.41. The van der Waals surface area contributed by atoms with Crippen molar-refractivity contribution in [2.45, 2.75) is 32.2 Å². The summed E-state index contributed by atoms with van der Waals surface area (Å²) in [6.45, 7) is 4.07. The molecule has 2 N–H and O–H groups in total. The number of hydrogen-bond donors (Lipinski definition) is 1. The van der Waals surface area contributed by atoms with Crippen LogP contribution in [-0.4, -0.2) is 4.98 Å². The monoisotopic (exact) mass is 238 g/mol. The van der Waals surface area contributed by atoms with Crippen LogP contribution in [0.4, 0.5) is 4.39 Å². The van der Waals surface area contributed by atoms with E-state index in [4.69, 9.17) is 5.73 Å². The summed E-state index contributed by atoms with van der Waals surface area (Å²) in [5.74, 6) is -0.251. The largest absolute Gasteiger partial charge is 0.320 e. The molecule has 1 aromatic heterocycles. The molecule has 0 saturated heterocycles. The zero-order valence-electron chi connectivity index (χ0n) is 9.46. The summed E-state index contributed by atoms with van der Waals surface area (Å²) in [4.78, 5) is 4.42. The molecule has 1 atom stereocenters. The molecule has 1 aromatic carbocycles. The summed E-state index contributed by atoms with van der Waals surface area (Å²) in [7, 11) is 0. The Morgan fingerprint density at radius 2 is 2.25 bits per heavy atom. The van der Waals surface area contributed by atoms with Crippen LogP contribution in [0, 0.1) is 5.82 Å². The summed E-state index contributed by atoms with van der Waals surface area (Å²) < 4.78 is 14.0. The zero-order valence-corrected chi connectivity index (χ0v) is 10.3. The standard InChI is InChI=1S/C12H15FN2S/c1-3-6-12(2,14)11-15-9-7-8(13)4-5-10(9)16-11/h4-5,7H,3,6,14H2,1-2H3. The number of benzene rings is 1. The van der Waals surface area contributed by atoms with E-state index in [-0.39, 0.29) is 5.82 Å². The fourth-order valence-corrected chi connectivity index (χ4v) is 2.80. The van der Waals surface area contributed by atoms with Crippen LogP contribution >= 0.6 is 11.3 Å². The number of fused-ring (bicyclic) bond motifs is 1. The van der Waals surface area contributed by atoms with Gasteiger partial charge in [-0.3, -0.25) is 0 Å². The highest BCUT2D eigenvalue weighted by Crippen LogP contribution is 2.31. The maximum Gasteiger partial charge on any atom is 0.125 e. The first-order chi connectivity index (χ1) is 7.53. The molecule has 2 aromatic rings. The number of halogens is 1. The Kier molecular flexibility index (Phi) is 2.95. The smallest absolute Gasteiger partial charge is 0.125 e. The van der Waals surface area contributed by atoms with Crippen LogP contribution in [0.25, 0.3) is 10.2 Å². The first-order valence-corrected chi connectivity index (χ1v) is 6.20. The average Bonchev–Trinajstić information content (AvgIpc) is 2.61. The van der Waals surface area contributed by atoms with Gasteiger partial charge in [0, 0.05) is 6.07 Å². The molecule has 16 heavy (non-hydrogen) atoms. The van der Waals surface area contributed by atoms with Gasteiger partial charge in [-0.25, -0.2) is 9.37 Å². The second kappa shape index (κ2) is 4.11. The van der Waals surface area contributed by atoms with Crippen LogP contribution in [-0.2, 0) is 5.54 Å². The maximum absolute atomic E-state index is 13.0. The zero-order chi connectivity index (χ0) is 11.8. The number of thiazole rings is 1. The SMILES string of the molecule is CCCC(C)(N)c1nc2cc(F)ccc2s1. The lowest BCUT2D eigenvalue weighted by Gasteiger charge is -2.20. The molecule has 0 radical (unpaired) electrons. The predicted molar refractivity (Wildman–Crippen MR) is 66.0 cm³/mol. The van der Waals surface area contributed by atoms with Gasteiger partial charge < -0.3 is 5.73 Å². The molecule has 0 bridgehead atoms. The van der Waals surface area contributed by atoms with Crippen LogP contribution < -0.4 is 5.73 Å². The third kappa shape index (κ3) is 2.08. The van der Waals surface area contributed by atoms with Crippen molar-refractivity contribution in [1.29, 1.82) is 0 Å². The van der Waals surface area contributed by atoms with Gasteiger partial charge in [0.1, 0.15) is 10.8 Å². The lowest BCUT2D eigenvalue weighted by atomic mass is 9.99. The highest BCUT2D eigenvalue weighted by molar-refractivity contribution is 7.18. The van der Waals surface area contributed by atoms with E-state index in [1.807, 2.05) is 6.92 Å². The Labute approximate surface area is 98.3 Å². The Hall–Kier alpha value is -1.00. The molecular formula is C12H15FN2S. The summed E-state index contributed by atoms with van der Waals surface area (Å²) in [5.41, 5.74) is 6.50. The number of aromatic nitrogens is 1. The Morgan fingerprint density at radius 3 is 2.94 bits per heavy atom. The van der Waals surface area contributed by atoms with Crippen molar-refractivity contribution in [2.24, 2.45) is 5.73 Å². The molecule has 4 heteroatoms. The highest BCUT2D eigenvalue weighted by Gasteiger charge is 2.24. The Bertz CT molecular complexity index is 505. The molecule has 0 aliphatic heterocycles. The Balaban J connectivity index is 2.46. The summed E-state index contributed by atoms with van der Waals surface area (Å²) in [5, 5.41) is 0.884. The van der Waals surface area contributed by atoms with Gasteiger partial charge in [-0.05, 0) is 25.5 Å². The van der Waals surface area contributed by atoms with Gasteiger partial charge in [0.25, 0.3) is 0 Å². The van der Waals surface area contributed by atoms with E-state index in [2.05, 4.69) is 11.9 Å². The summed E-state index contributed by atoms with van der Waals surface area (Å²) in [6, 6.07) is 4.67. The van der Waals surface area contributed by atoms with Gasteiger partial charge in [0.15, 0.2) is 0 Å². The van der Waals surface area contributed by atoms with E-state index in [1.54, 1.807) is 17.4 Å². The topological polar surface area (TPSA) is 38.9 Å². The molecular weight excluding hydrogens is 223 g/mol. The third-order valence-electron chi connectivity index (χ3n) is 2.61. The summed E-state index contributed by atoms with van der Waals surface area (Å²) >= 11 is 1.55. The molecule has 0 spiro atoms. The third-order valence-corrected chi connectivity index (χ3v) is 3.92. The fraction of sp³-hybridized carbons (Fsp3) is 0.417. The lowest BCUT2D eigenvalue weighted by molar-refractivity contribution is 0.445. The molecule has 1 unspecified atom stereocenters. The van der Waals surface area contributed by atoms with E-state index >= 15 is 0 Å². The van der Waals surface area contributed by atoms with Crippen LogP contribution in [0.1, 0.15) is 31.7 Å². The van der Waals surface area contributed by atoms with Crippen molar-refractivity contribution in [3.8, 4) is 0 Å². The van der Waals surface area contributed by atoms with Crippen molar-refractivity contribution in [1.82, 2.24) is 4.98 Å². The molecule has 2 rings (SSSR count). The van der Waals surface area contributed by atoms with Crippen LogP contribution in [0.2, 0.25) is 0 Å². The van der Waals surface area contributed by atoms with E-state index < -0.39 is 5.54 Å². The summed E-state index contributed by atoms with van der Waals surface area (Å²) in [6.07, 6.45) is 1.90. The van der Waals surface area contributed by atoms with Crippen molar-refractivity contribution in [2.75, 3.05) is 0 Å². The normalized spacial score (nSPS) is 15.2. The van der Waals surface area contributed by atoms with Crippen LogP contribution in [0.5, 0.6) is 0 Å². The van der Waals surface area contributed by atoms with Gasteiger partial charge in [-0.15, -0.1) is 11.3 Å². The van der Waals surface area contributed by atoms with E-state index in [0.29, 0.717) is 5.52 Å². The molecule has 0 amide bonds. The van der Waals surface area contributed by atoms with E-state index in [1.165, 1.54) is 12.1 Å². The molecule has 0 fully saturated rings. The van der Waals surface area contributed by atoms with Gasteiger partial charge in [-0.1, -0.05) is 13.3 Å². The molecule has 1 heterocycles. The molecule has 0 aliphatic carbocycles. The van der Waals surface area contributed by atoms with Gasteiger partial charge >= 0.3 is 0 Å². The molecule has 0 saturated carbocycles. The number of nitrogens with zero attached hydrogens (tertiary/aromatic N) is 1. The highest BCUT2D eigenvalue weighted by atomic mass is 32.1. The number of nitrogens with two attached hydrogens (primary N) is 1. The lowest BCUT2D eigenvalue weighted by Crippen LogP contribution is -2.32. The molecule has 2 nitrogen and oxygen atoms in total. The second-order valence-corrected chi connectivity index (χ2v) is 5.33. The van der Waals surface area contributed by atoms with Crippen molar-refractivity contribution >= 4 is 21.6 Å². The minimum Gasteiger partial charge on any atom is -0.320 e. The first kappa shape index (κ1) is 11.5. The molecule has 86 valence electrons. The van der Waals surface area contributed by atoms with Gasteiger partial charge in [-0.2, -0.15) is 0 Å². The van der Waals surface area contributed by atoms with Crippen LogP contribution in [0.15, 0.2) is 18.2 Å². The quantitative estimate of drug-likeness (QED) is 0.890. The minimum atomic E-state index is -0.408. The number of rotatable bonds is 3. The van der Waals surface area contributed by atoms with Crippen molar-refractivity contribution in [3.63, 3.8) is 0 Å². The second-order valence-electron chi connectivity index (χ2n) is 4.30. The van der Waals surface area contributed by atoms with Crippen molar-refractivity contribution in [3.05, 3.63) is 29.0 Å². The minimum absolute atomic E-state index is 0.251. The van der Waals surface area contributed by atoms with Crippen molar-refractivity contribution < 1.29 is 4.39 Å². The van der Waals surface area contributed by atoms with Crippen LogP contribution in [0.3, 0.4) is 0 Å². The molecule has 0 aliphatic rings. The Morgan fingerprint density at radius 1 is 1.50 bits per heavy atom. The van der Waals surface area contributed by atoms with E-state index in [0.717, 1.165) is 22.5 Å². The first-order valence-electron chi connectivity index (χ1n) is 5.38. The number of hydrogen-bond acceptors (Lipinski definition) is 3. The average molecular weight is 238 g/mol. The maximum atomic E-state index is 13.0. The van der Waals surface area contributed by atoms with Gasteiger partial charge in [0.2, 0.25) is 0 Å².